The third-order valence-electron chi connectivity index (χ3n) is 3.03. The molecule has 0 atom stereocenters. The number of benzene rings is 2. The van der Waals surface area contributed by atoms with Gasteiger partial charge in [0.15, 0.2) is 0 Å². The zero-order chi connectivity index (χ0) is 13.7. The molecule has 0 aliphatic rings. The normalized spacial score (nSPS) is 10.1. The molecule has 0 radical (unpaired) electrons. The zero-order valence-corrected chi connectivity index (χ0v) is 11.7. The molecule has 0 aliphatic heterocycles. The van der Waals surface area contributed by atoms with Crippen LogP contribution in [0.4, 0.5) is 11.4 Å². The summed E-state index contributed by atoms with van der Waals surface area (Å²) in [5.41, 5.74) is 3.41. The Morgan fingerprint density at radius 1 is 1.05 bits per heavy atom. The van der Waals surface area contributed by atoms with Crippen LogP contribution in [0.3, 0.4) is 0 Å². The van der Waals surface area contributed by atoms with E-state index in [1.165, 1.54) is 5.56 Å². The van der Waals surface area contributed by atoms with Crippen molar-refractivity contribution in [2.24, 2.45) is 0 Å². The summed E-state index contributed by atoms with van der Waals surface area (Å²) in [5, 5.41) is 3.42. The van der Waals surface area contributed by atoms with Crippen molar-refractivity contribution in [2.75, 3.05) is 31.4 Å². The molecule has 0 bridgehead atoms. The summed E-state index contributed by atoms with van der Waals surface area (Å²) in [5.74, 6) is 0.863. The van der Waals surface area contributed by atoms with E-state index >= 15 is 0 Å². The van der Waals surface area contributed by atoms with Crippen molar-refractivity contribution in [3.63, 3.8) is 0 Å². The van der Waals surface area contributed by atoms with Gasteiger partial charge in [0.1, 0.15) is 5.75 Å². The molecule has 100 valence electrons. The first-order valence-corrected chi connectivity index (χ1v) is 6.34. The van der Waals surface area contributed by atoms with Gasteiger partial charge in [-0.15, -0.1) is 0 Å². The van der Waals surface area contributed by atoms with E-state index in [1.807, 2.05) is 44.4 Å². The Morgan fingerprint density at radius 2 is 1.79 bits per heavy atom. The van der Waals surface area contributed by atoms with E-state index < -0.39 is 0 Å². The number of nitrogens with one attached hydrogen (secondary N) is 1. The van der Waals surface area contributed by atoms with Crippen molar-refractivity contribution in [2.45, 2.75) is 6.54 Å². The second-order valence-electron chi connectivity index (χ2n) is 4.62. The second kappa shape index (κ2) is 6.14. The molecule has 0 saturated heterocycles. The van der Waals surface area contributed by atoms with Crippen LogP contribution in [0.5, 0.6) is 5.75 Å². The van der Waals surface area contributed by atoms with Crippen LogP contribution in [0, 0.1) is 0 Å². The summed E-state index contributed by atoms with van der Waals surface area (Å²) in [6.45, 7) is 0.786. The van der Waals surface area contributed by atoms with Crippen LogP contribution < -0.4 is 15.0 Å². The molecule has 2 rings (SSSR count). The van der Waals surface area contributed by atoms with Gasteiger partial charge in [-0.25, -0.2) is 0 Å². The topological polar surface area (TPSA) is 24.5 Å². The average molecular weight is 256 g/mol. The minimum absolute atomic E-state index is 0.786. The summed E-state index contributed by atoms with van der Waals surface area (Å²) >= 11 is 0. The molecule has 3 heteroatoms. The maximum Gasteiger partial charge on any atom is 0.142 e. The van der Waals surface area contributed by atoms with E-state index in [9.17, 15) is 0 Å². The molecule has 0 heterocycles. The number of methoxy groups -OCH3 is 1. The van der Waals surface area contributed by atoms with Gasteiger partial charge in [-0.3, -0.25) is 0 Å². The summed E-state index contributed by atoms with van der Waals surface area (Å²) in [4.78, 5) is 2.08. The number of rotatable bonds is 5. The fraction of sp³-hybridized carbons (Fsp3) is 0.250. The first-order valence-electron chi connectivity index (χ1n) is 6.34. The number of hydrogen-bond donors (Lipinski definition) is 1. The standard InChI is InChI=1S/C16H20N2O/c1-18(2)14-9-10-16(19-3)15(11-14)17-12-13-7-5-4-6-8-13/h4-11,17H,12H2,1-3H3. The zero-order valence-electron chi connectivity index (χ0n) is 11.7. The Labute approximate surface area is 114 Å². The van der Waals surface area contributed by atoms with Crippen LogP contribution in [0.25, 0.3) is 0 Å². The number of hydrogen-bond acceptors (Lipinski definition) is 3. The van der Waals surface area contributed by atoms with Crippen molar-refractivity contribution in [3.8, 4) is 5.75 Å². The molecule has 0 fully saturated rings. The van der Waals surface area contributed by atoms with Crippen LogP contribution in [0.15, 0.2) is 48.5 Å². The molecule has 0 amide bonds. The van der Waals surface area contributed by atoms with Crippen molar-refractivity contribution in [1.82, 2.24) is 0 Å². The molecule has 3 nitrogen and oxygen atoms in total. The highest BCUT2D eigenvalue weighted by molar-refractivity contribution is 5.65. The molecule has 1 N–H and O–H groups in total. The Morgan fingerprint density at radius 3 is 2.42 bits per heavy atom. The van der Waals surface area contributed by atoms with Gasteiger partial charge in [0.25, 0.3) is 0 Å². The highest BCUT2D eigenvalue weighted by Crippen LogP contribution is 2.29. The Bertz CT molecular complexity index is 524. The summed E-state index contributed by atoms with van der Waals surface area (Å²) < 4.78 is 5.39. The van der Waals surface area contributed by atoms with Gasteiger partial charge < -0.3 is 15.0 Å². The van der Waals surface area contributed by atoms with Crippen molar-refractivity contribution in [3.05, 3.63) is 54.1 Å². The number of nitrogens with zero attached hydrogens (tertiary/aromatic N) is 1. The van der Waals surface area contributed by atoms with Crippen LogP contribution in [-0.4, -0.2) is 21.2 Å². The molecule has 0 spiro atoms. The molecule has 0 aliphatic carbocycles. The Balaban J connectivity index is 2.16. The van der Waals surface area contributed by atoms with E-state index in [4.69, 9.17) is 4.74 Å². The first kappa shape index (κ1) is 13.3. The number of ether oxygens (including phenoxy) is 1. The molecule has 0 saturated carbocycles. The Kier molecular flexibility index (Phi) is 4.29. The number of anilines is 2. The summed E-state index contributed by atoms with van der Waals surface area (Å²) in [6.07, 6.45) is 0. The quantitative estimate of drug-likeness (QED) is 0.887. The van der Waals surface area contributed by atoms with Crippen LogP contribution in [-0.2, 0) is 6.54 Å². The molecule has 0 unspecified atom stereocenters. The monoisotopic (exact) mass is 256 g/mol. The van der Waals surface area contributed by atoms with E-state index in [2.05, 4.69) is 28.4 Å². The SMILES string of the molecule is COc1ccc(N(C)C)cc1NCc1ccccc1. The van der Waals surface area contributed by atoms with Crippen molar-refractivity contribution >= 4 is 11.4 Å². The third-order valence-corrected chi connectivity index (χ3v) is 3.03. The van der Waals surface area contributed by atoms with E-state index in [1.54, 1.807) is 7.11 Å². The summed E-state index contributed by atoms with van der Waals surface area (Å²) in [6, 6.07) is 16.5. The van der Waals surface area contributed by atoms with Gasteiger partial charge in [0.05, 0.1) is 12.8 Å². The lowest BCUT2D eigenvalue weighted by atomic mass is 10.2. The lowest BCUT2D eigenvalue weighted by Crippen LogP contribution is -2.09. The maximum absolute atomic E-state index is 5.39. The van der Waals surface area contributed by atoms with Gasteiger partial charge in [0, 0.05) is 26.3 Å². The molecular formula is C16H20N2O. The van der Waals surface area contributed by atoms with Gasteiger partial charge in [0.2, 0.25) is 0 Å². The summed E-state index contributed by atoms with van der Waals surface area (Å²) in [7, 11) is 5.75. The van der Waals surface area contributed by atoms with Gasteiger partial charge in [-0.05, 0) is 23.8 Å². The molecule has 19 heavy (non-hydrogen) atoms. The van der Waals surface area contributed by atoms with Crippen LogP contribution >= 0.6 is 0 Å². The average Bonchev–Trinajstić information content (AvgIpc) is 2.45. The minimum Gasteiger partial charge on any atom is -0.495 e. The van der Waals surface area contributed by atoms with Gasteiger partial charge >= 0.3 is 0 Å². The van der Waals surface area contributed by atoms with Gasteiger partial charge in [-0.2, -0.15) is 0 Å². The fourth-order valence-electron chi connectivity index (χ4n) is 1.91. The van der Waals surface area contributed by atoms with E-state index in [-0.39, 0.29) is 0 Å². The smallest absolute Gasteiger partial charge is 0.142 e. The fourth-order valence-corrected chi connectivity index (χ4v) is 1.91. The highest BCUT2D eigenvalue weighted by atomic mass is 16.5. The predicted octanol–water partition coefficient (Wildman–Crippen LogP) is 3.37. The van der Waals surface area contributed by atoms with Crippen LogP contribution in [0.1, 0.15) is 5.56 Å². The van der Waals surface area contributed by atoms with E-state index in [0.29, 0.717) is 0 Å². The second-order valence-corrected chi connectivity index (χ2v) is 4.62. The van der Waals surface area contributed by atoms with Crippen LogP contribution in [0.2, 0.25) is 0 Å². The minimum atomic E-state index is 0.786. The lowest BCUT2D eigenvalue weighted by Gasteiger charge is -2.17. The molecule has 0 aromatic heterocycles. The predicted molar refractivity (Wildman–Crippen MR) is 81.1 cm³/mol. The van der Waals surface area contributed by atoms with Crippen molar-refractivity contribution in [1.29, 1.82) is 0 Å². The first-order chi connectivity index (χ1) is 9.20. The molecule has 2 aromatic rings. The highest BCUT2D eigenvalue weighted by Gasteiger charge is 2.05. The van der Waals surface area contributed by atoms with Gasteiger partial charge in [-0.1, -0.05) is 30.3 Å². The lowest BCUT2D eigenvalue weighted by molar-refractivity contribution is 0.416. The largest absolute Gasteiger partial charge is 0.495 e. The Hall–Kier alpha value is -2.16. The van der Waals surface area contributed by atoms with E-state index in [0.717, 1.165) is 23.7 Å². The maximum atomic E-state index is 5.39. The molecule has 2 aromatic carbocycles. The molecular weight excluding hydrogens is 236 g/mol. The third kappa shape index (κ3) is 3.41. The van der Waals surface area contributed by atoms with Crippen molar-refractivity contribution < 1.29 is 4.74 Å².